The number of aliphatic imine (C=N–C) groups is 2. The topological polar surface area (TPSA) is 24.7 Å². The van der Waals surface area contributed by atoms with E-state index in [1.165, 1.54) is 0 Å². The van der Waals surface area contributed by atoms with Crippen LogP contribution in [0, 0.1) is 0 Å². The summed E-state index contributed by atoms with van der Waals surface area (Å²) in [4.78, 5) is 9.46. The molecule has 2 aliphatic rings. The van der Waals surface area contributed by atoms with Crippen LogP contribution < -0.4 is 24.8 Å². The zero-order valence-electron chi connectivity index (χ0n) is 10.5. The molecule has 17 heavy (non-hydrogen) atoms. The molecule has 2 heterocycles. The number of nitrogens with zero attached hydrogens (tertiary/aromatic N) is 2. The SMILES string of the molecule is CC1=N[C](C)([Zr+2][C]2(C)C=CC(C)=N2)C=C1.[Cl-].[Cl-]. The molecule has 2 aliphatic heterocycles. The minimum atomic E-state index is -0.752. The molecular formula is C12H16Cl2N2Zr. The van der Waals surface area contributed by atoms with Gasteiger partial charge in [0.15, 0.2) is 0 Å². The van der Waals surface area contributed by atoms with Crippen molar-refractivity contribution >= 4 is 11.4 Å². The fourth-order valence-electron chi connectivity index (χ4n) is 2.10. The molecule has 0 N–H and O–H groups in total. The van der Waals surface area contributed by atoms with Gasteiger partial charge in [0, 0.05) is 0 Å². The zero-order valence-corrected chi connectivity index (χ0v) is 14.4. The molecule has 5 heteroatoms. The van der Waals surface area contributed by atoms with E-state index in [1.807, 2.05) is 0 Å². The Morgan fingerprint density at radius 1 is 0.882 bits per heavy atom. The minimum Gasteiger partial charge on any atom is -1.00 e. The second-order valence-corrected chi connectivity index (χ2v) is 10.2. The predicted molar refractivity (Wildman–Crippen MR) is 61.3 cm³/mol. The van der Waals surface area contributed by atoms with Gasteiger partial charge in [0.05, 0.1) is 0 Å². The molecule has 2 rings (SSSR count). The van der Waals surface area contributed by atoms with Gasteiger partial charge in [-0.3, -0.25) is 0 Å². The van der Waals surface area contributed by atoms with Gasteiger partial charge in [-0.2, -0.15) is 0 Å². The molecule has 92 valence electrons. The van der Waals surface area contributed by atoms with Crippen molar-refractivity contribution in [2.24, 2.45) is 9.98 Å². The van der Waals surface area contributed by atoms with E-state index < -0.39 is 23.2 Å². The van der Waals surface area contributed by atoms with Gasteiger partial charge in [0.1, 0.15) is 0 Å². The molecule has 0 amide bonds. The Hall–Kier alpha value is 0.283. The first kappa shape index (κ1) is 17.3. The summed E-state index contributed by atoms with van der Waals surface area (Å²) >= 11 is -0.752. The van der Waals surface area contributed by atoms with E-state index in [0.29, 0.717) is 0 Å². The first-order valence-electron chi connectivity index (χ1n) is 5.22. The quantitative estimate of drug-likeness (QED) is 0.496. The summed E-state index contributed by atoms with van der Waals surface area (Å²) < 4.78 is 0.196. The number of rotatable bonds is 2. The Bertz CT molecular complexity index is 377. The Labute approximate surface area is 127 Å². The summed E-state index contributed by atoms with van der Waals surface area (Å²) in [5, 5.41) is 0. The van der Waals surface area contributed by atoms with Crippen molar-refractivity contribution in [1.29, 1.82) is 0 Å². The molecule has 0 aliphatic carbocycles. The molecule has 0 saturated heterocycles. The van der Waals surface area contributed by atoms with Gasteiger partial charge in [0.25, 0.3) is 0 Å². The number of hydrogen-bond donors (Lipinski definition) is 0. The third-order valence-electron chi connectivity index (χ3n) is 2.62. The van der Waals surface area contributed by atoms with Crippen LogP contribution in [0.3, 0.4) is 0 Å². The molecule has 0 aromatic carbocycles. The van der Waals surface area contributed by atoms with Crippen LogP contribution in [0.5, 0.6) is 0 Å². The number of halogens is 2. The molecule has 2 unspecified atom stereocenters. The Kier molecular flexibility index (Phi) is 6.05. The predicted octanol–water partition coefficient (Wildman–Crippen LogP) is -3.43. The van der Waals surface area contributed by atoms with E-state index in [2.05, 4.69) is 52.0 Å². The molecular weight excluding hydrogens is 334 g/mol. The summed E-state index contributed by atoms with van der Waals surface area (Å²) in [6.07, 6.45) is 8.80. The fourth-order valence-corrected chi connectivity index (χ4v) is 6.58. The molecule has 0 aromatic heterocycles. The maximum Gasteiger partial charge on any atom is -1.00 e. The van der Waals surface area contributed by atoms with E-state index >= 15 is 0 Å². The van der Waals surface area contributed by atoms with Crippen LogP contribution in [0.4, 0.5) is 0 Å². The van der Waals surface area contributed by atoms with Gasteiger partial charge in [-0.1, -0.05) is 0 Å². The summed E-state index contributed by atoms with van der Waals surface area (Å²) in [5.74, 6) is 0. The Morgan fingerprint density at radius 2 is 1.24 bits per heavy atom. The Morgan fingerprint density at radius 3 is 1.47 bits per heavy atom. The molecule has 2 atom stereocenters. The van der Waals surface area contributed by atoms with Crippen LogP contribution in [0.15, 0.2) is 34.3 Å². The molecule has 2 nitrogen and oxygen atoms in total. The second kappa shape index (κ2) is 5.95. The normalized spacial score (nSPS) is 33.4. The number of hydrogen-bond acceptors (Lipinski definition) is 2. The summed E-state index contributed by atoms with van der Waals surface area (Å²) in [6, 6.07) is 0. The van der Waals surface area contributed by atoms with Crippen LogP contribution in [0.2, 0.25) is 0 Å². The van der Waals surface area contributed by atoms with Gasteiger partial charge in [0.2, 0.25) is 0 Å². The van der Waals surface area contributed by atoms with Crippen molar-refractivity contribution in [3.63, 3.8) is 0 Å². The summed E-state index contributed by atoms with van der Waals surface area (Å²) in [6.45, 7) is 8.63. The van der Waals surface area contributed by atoms with Crippen molar-refractivity contribution in [1.82, 2.24) is 0 Å². The maximum absolute atomic E-state index is 4.73. The molecule has 0 saturated carbocycles. The van der Waals surface area contributed by atoms with Crippen molar-refractivity contribution in [2.75, 3.05) is 0 Å². The largest absolute Gasteiger partial charge is 1.00 e. The smallest absolute Gasteiger partial charge is 1.00 e. The van der Waals surface area contributed by atoms with E-state index in [4.69, 9.17) is 9.98 Å². The monoisotopic (exact) mass is 348 g/mol. The van der Waals surface area contributed by atoms with Crippen LogP contribution in [-0.2, 0) is 23.2 Å². The summed E-state index contributed by atoms with van der Waals surface area (Å²) in [7, 11) is 0. The van der Waals surface area contributed by atoms with Gasteiger partial charge in [-0.05, 0) is 0 Å². The van der Waals surface area contributed by atoms with Crippen molar-refractivity contribution in [2.45, 2.75) is 34.2 Å². The van der Waals surface area contributed by atoms with Crippen LogP contribution >= 0.6 is 0 Å². The minimum absolute atomic E-state index is 0. The first-order valence-corrected chi connectivity index (χ1v) is 7.67. The van der Waals surface area contributed by atoms with Crippen LogP contribution in [-0.4, -0.2) is 17.9 Å². The van der Waals surface area contributed by atoms with Gasteiger partial charge in [-0.25, -0.2) is 0 Å². The average molecular weight is 350 g/mol. The van der Waals surface area contributed by atoms with Crippen LogP contribution in [0.25, 0.3) is 0 Å². The third-order valence-corrected chi connectivity index (χ3v) is 6.48. The van der Waals surface area contributed by atoms with E-state index in [1.54, 1.807) is 0 Å². The van der Waals surface area contributed by atoms with E-state index in [-0.39, 0.29) is 31.3 Å². The maximum atomic E-state index is 4.73. The van der Waals surface area contributed by atoms with Crippen LogP contribution in [0.1, 0.15) is 27.7 Å². The van der Waals surface area contributed by atoms with Crippen molar-refractivity contribution < 1.29 is 48.0 Å². The van der Waals surface area contributed by atoms with Gasteiger partial charge >= 0.3 is 103 Å². The zero-order chi connectivity index (χ0) is 11.1. The molecule has 0 bridgehead atoms. The third kappa shape index (κ3) is 4.15. The first-order chi connectivity index (χ1) is 6.91. The Balaban J connectivity index is 0.00000128. The van der Waals surface area contributed by atoms with Gasteiger partial charge < -0.3 is 24.8 Å². The average Bonchev–Trinajstić information content (AvgIpc) is 2.57. The molecule has 0 aromatic rings. The fraction of sp³-hybridized carbons (Fsp3) is 0.500. The summed E-state index contributed by atoms with van der Waals surface area (Å²) in [5.41, 5.74) is 2.31. The molecule has 0 fully saturated rings. The van der Waals surface area contributed by atoms with Crippen molar-refractivity contribution in [3.05, 3.63) is 24.3 Å². The number of allylic oxidation sites excluding steroid dienone is 2. The molecule has 0 radical (unpaired) electrons. The molecule has 0 spiro atoms. The van der Waals surface area contributed by atoms with E-state index in [9.17, 15) is 0 Å². The van der Waals surface area contributed by atoms with Crippen molar-refractivity contribution in [3.8, 4) is 0 Å². The second-order valence-electron chi connectivity index (χ2n) is 4.59. The standard InChI is InChI=1S/2C6H8N.2ClH.Zr/c2*1-5-3-4-6(2)7-5;;;/h2*3-4H,1-2H3;2*1H;/q;;;;+2/p-2. The van der Waals surface area contributed by atoms with E-state index in [0.717, 1.165) is 11.4 Å². The van der Waals surface area contributed by atoms with Gasteiger partial charge in [-0.15, -0.1) is 0 Å².